The zero-order valence-electron chi connectivity index (χ0n) is 10.2. The van der Waals surface area contributed by atoms with E-state index in [4.69, 9.17) is 5.73 Å². The molecule has 0 radical (unpaired) electrons. The minimum absolute atomic E-state index is 0.184. The van der Waals surface area contributed by atoms with Crippen LogP contribution in [0.5, 0.6) is 0 Å². The monoisotopic (exact) mass is 361 g/mol. The summed E-state index contributed by atoms with van der Waals surface area (Å²) >= 11 is 2.09. The summed E-state index contributed by atoms with van der Waals surface area (Å²) in [5, 5.41) is 11.1. The third-order valence-corrected chi connectivity index (χ3v) is 4.03. The van der Waals surface area contributed by atoms with Crippen LogP contribution in [0.15, 0.2) is 18.2 Å². The number of hydrogen-bond donors (Lipinski definition) is 1. The van der Waals surface area contributed by atoms with E-state index >= 15 is 0 Å². The van der Waals surface area contributed by atoms with E-state index in [0.29, 0.717) is 5.69 Å². The third kappa shape index (κ3) is 2.74. The maximum Gasteiger partial charge on any atom is 0.293 e. The lowest BCUT2D eigenvalue weighted by atomic mass is 9.98. The number of rotatable bonds is 2. The predicted octanol–water partition coefficient (Wildman–Crippen LogP) is 2.52. The van der Waals surface area contributed by atoms with Crippen molar-refractivity contribution in [1.29, 1.82) is 0 Å². The van der Waals surface area contributed by atoms with Crippen molar-refractivity contribution in [2.24, 2.45) is 5.73 Å². The average Bonchev–Trinajstić information content (AvgIpc) is 2.29. The highest BCUT2D eigenvalue weighted by Crippen LogP contribution is 2.33. The van der Waals surface area contributed by atoms with E-state index in [0.717, 1.165) is 23.0 Å². The smallest absolute Gasteiger partial charge is 0.293 e. The first-order chi connectivity index (χ1) is 8.49. The van der Waals surface area contributed by atoms with Gasteiger partial charge in [0.1, 0.15) is 5.69 Å². The molecule has 0 saturated carbocycles. The van der Waals surface area contributed by atoms with Gasteiger partial charge in [-0.3, -0.25) is 10.1 Å². The Labute approximate surface area is 120 Å². The van der Waals surface area contributed by atoms with Gasteiger partial charge < -0.3 is 10.6 Å². The van der Waals surface area contributed by atoms with Crippen LogP contribution in [0.3, 0.4) is 0 Å². The third-order valence-electron chi connectivity index (χ3n) is 3.36. The van der Waals surface area contributed by atoms with Gasteiger partial charge in [0.2, 0.25) is 0 Å². The summed E-state index contributed by atoms with van der Waals surface area (Å²) in [6.45, 7) is 2.85. The summed E-state index contributed by atoms with van der Waals surface area (Å²) in [5.41, 5.74) is 6.82. The molecule has 1 heterocycles. The Kier molecular flexibility index (Phi) is 4.06. The molecule has 98 valence electrons. The molecule has 0 aromatic heterocycles. The van der Waals surface area contributed by atoms with Crippen molar-refractivity contribution in [3.8, 4) is 0 Å². The number of halogens is 1. The lowest BCUT2D eigenvalue weighted by Crippen LogP contribution is -2.45. The highest BCUT2D eigenvalue weighted by atomic mass is 127. The van der Waals surface area contributed by atoms with Gasteiger partial charge in [0.25, 0.3) is 5.69 Å². The molecular weight excluding hydrogens is 345 g/mol. The van der Waals surface area contributed by atoms with Crippen molar-refractivity contribution < 1.29 is 4.92 Å². The summed E-state index contributed by atoms with van der Waals surface area (Å²) < 4.78 is 0.879. The Morgan fingerprint density at radius 3 is 2.89 bits per heavy atom. The predicted molar refractivity (Wildman–Crippen MR) is 79.8 cm³/mol. The van der Waals surface area contributed by atoms with Crippen LogP contribution >= 0.6 is 22.6 Å². The van der Waals surface area contributed by atoms with E-state index in [9.17, 15) is 10.1 Å². The number of nitrogens with two attached hydrogens (primary N) is 1. The van der Waals surface area contributed by atoms with Gasteiger partial charge in [0.05, 0.1) is 4.92 Å². The van der Waals surface area contributed by atoms with E-state index in [1.54, 1.807) is 6.07 Å². The summed E-state index contributed by atoms with van der Waals surface area (Å²) in [7, 11) is 0. The molecule has 1 aliphatic rings. The van der Waals surface area contributed by atoms with Crippen molar-refractivity contribution in [1.82, 2.24) is 0 Å². The van der Waals surface area contributed by atoms with Crippen molar-refractivity contribution in [3.63, 3.8) is 0 Å². The molecule has 0 aliphatic carbocycles. The molecule has 2 N–H and O–H groups in total. The van der Waals surface area contributed by atoms with Crippen molar-refractivity contribution in [3.05, 3.63) is 31.9 Å². The summed E-state index contributed by atoms with van der Waals surface area (Å²) in [6.07, 6.45) is 1.76. The second kappa shape index (κ2) is 5.40. The number of hydrogen-bond acceptors (Lipinski definition) is 4. The van der Waals surface area contributed by atoms with Crippen molar-refractivity contribution in [2.45, 2.75) is 31.8 Å². The minimum atomic E-state index is -0.307. The fourth-order valence-electron chi connectivity index (χ4n) is 2.45. The number of anilines is 1. The molecule has 1 aromatic carbocycles. The van der Waals surface area contributed by atoms with E-state index in [1.165, 1.54) is 0 Å². The maximum atomic E-state index is 11.1. The molecule has 1 fully saturated rings. The number of benzene rings is 1. The molecule has 1 aromatic rings. The van der Waals surface area contributed by atoms with Crippen molar-refractivity contribution >= 4 is 34.0 Å². The number of nitro benzene ring substituents is 1. The fourth-order valence-corrected chi connectivity index (χ4v) is 2.93. The van der Waals surface area contributed by atoms with Crippen LogP contribution in [0.25, 0.3) is 0 Å². The van der Waals surface area contributed by atoms with E-state index < -0.39 is 0 Å². The second-order valence-corrected chi connectivity index (χ2v) is 5.96. The molecule has 5 nitrogen and oxygen atoms in total. The Bertz CT molecular complexity index is 467. The van der Waals surface area contributed by atoms with Gasteiger partial charge in [-0.05, 0) is 54.5 Å². The molecular formula is C12H16IN3O2. The van der Waals surface area contributed by atoms with Crippen LogP contribution in [-0.4, -0.2) is 23.6 Å². The molecule has 1 saturated heterocycles. The summed E-state index contributed by atoms with van der Waals surface area (Å²) in [4.78, 5) is 12.9. The lowest BCUT2D eigenvalue weighted by Gasteiger charge is -2.37. The largest absolute Gasteiger partial charge is 0.363 e. The first-order valence-electron chi connectivity index (χ1n) is 5.95. The zero-order valence-corrected chi connectivity index (χ0v) is 12.3. The summed E-state index contributed by atoms with van der Waals surface area (Å²) in [6, 6.07) is 5.82. The molecule has 0 spiro atoms. The quantitative estimate of drug-likeness (QED) is 0.499. The Hall–Kier alpha value is -0.890. The Morgan fingerprint density at radius 2 is 2.28 bits per heavy atom. The van der Waals surface area contributed by atoms with Gasteiger partial charge in [-0.1, -0.05) is 0 Å². The van der Waals surface area contributed by atoms with E-state index in [2.05, 4.69) is 34.4 Å². The molecule has 1 aliphatic heterocycles. The van der Waals surface area contributed by atoms with Crippen LogP contribution in [0.4, 0.5) is 11.4 Å². The van der Waals surface area contributed by atoms with Gasteiger partial charge in [-0.2, -0.15) is 0 Å². The highest BCUT2D eigenvalue weighted by molar-refractivity contribution is 14.1. The van der Waals surface area contributed by atoms with Gasteiger partial charge in [-0.15, -0.1) is 0 Å². The first kappa shape index (κ1) is 13.5. The Balaban J connectivity index is 2.35. The molecule has 0 amide bonds. The van der Waals surface area contributed by atoms with Gasteiger partial charge in [-0.25, -0.2) is 0 Å². The number of piperidine rings is 1. The van der Waals surface area contributed by atoms with Gasteiger partial charge >= 0.3 is 0 Å². The van der Waals surface area contributed by atoms with Crippen LogP contribution in [0, 0.1) is 13.7 Å². The van der Waals surface area contributed by atoms with Crippen molar-refractivity contribution in [2.75, 3.05) is 11.4 Å². The van der Waals surface area contributed by atoms with Crippen LogP contribution < -0.4 is 10.6 Å². The topological polar surface area (TPSA) is 72.4 Å². The van der Waals surface area contributed by atoms with Gasteiger partial charge in [0, 0.05) is 28.3 Å². The van der Waals surface area contributed by atoms with Crippen LogP contribution in [0.2, 0.25) is 0 Å². The highest BCUT2D eigenvalue weighted by Gasteiger charge is 2.28. The molecule has 2 atom stereocenters. The Morgan fingerprint density at radius 1 is 1.56 bits per heavy atom. The molecule has 2 unspecified atom stereocenters. The van der Waals surface area contributed by atoms with Crippen LogP contribution in [0.1, 0.15) is 19.8 Å². The minimum Gasteiger partial charge on any atom is -0.363 e. The lowest BCUT2D eigenvalue weighted by molar-refractivity contribution is -0.384. The standard InChI is InChI=1S/C12H16IN3O2/c1-8-6-10(14)4-5-15(8)11-3-2-9(13)7-12(11)16(17)18/h2-3,7-8,10H,4-6,14H2,1H3. The molecule has 2 rings (SSSR count). The average molecular weight is 361 g/mol. The number of nitro groups is 1. The molecule has 6 heteroatoms. The molecule has 0 bridgehead atoms. The van der Waals surface area contributed by atoms with Gasteiger partial charge in [0.15, 0.2) is 0 Å². The summed E-state index contributed by atoms with van der Waals surface area (Å²) in [5.74, 6) is 0. The normalized spacial score (nSPS) is 24.1. The molecule has 18 heavy (non-hydrogen) atoms. The van der Waals surface area contributed by atoms with E-state index in [1.807, 2.05) is 12.1 Å². The van der Waals surface area contributed by atoms with Crippen LogP contribution in [-0.2, 0) is 0 Å². The number of nitrogens with zero attached hydrogens (tertiary/aromatic N) is 2. The fraction of sp³-hybridized carbons (Fsp3) is 0.500. The van der Waals surface area contributed by atoms with E-state index in [-0.39, 0.29) is 22.7 Å². The first-order valence-corrected chi connectivity index (χ1v) is 7.03. The SMILES string of the molecule is CC1CC(N)CCN1c1ccc(I)cc1[N+](=O)[O-]. The zero-order chi connectivity index (χ0) is 13.3. The maximum absolute atomic E-state index is 11.1. The second-order valence-electron chi connectivity index (χ2n) is 4.72.